The van der Waals surface area contributed by atoms with Gasteiger partial charge in [0, 0.05) is 12.6 Å². The molecule has 1 aromatic rings. The number of aliphatic hydroxyl groups is 1. The second-order valence-electron chi connectivity index (χ2n) is 3.36. The molecule has 16 heavy (non-hydrogen) atoms. The minimum absolute atomic E-state index is 0.175. The molecule has 1 aromatic carbocycles. The highest BCUT2D eigenvalue weighted by atomic mass is 35.5. The van der Waals surface area contributed by atoms with Crippen LogP contribution in [0.5, 0.6) is 0 Å². The maximum absolute atomic E-state index is 12.5. The molecule has 0 heterocycles. The van der Waals surface area contributed by atoms with E-state index in [1.807, 2.05) is 0 Å². The first-order valence-electron chi connectivity index (χ1n) is 4.59. The second-order valence-corrected chi connectivity index (χ2v) is 3.76. The molecule has 0 radical (unpaired) electrons. The standard InChI is InChI=1S/C10H11ClF3NO/c11-8-2-1-6(9(15)3-4-16)5-7(8)10(12,13)14/h1-2,5,9,16H,3-4,15H2. The highest BCUT2D eigenvalue weighted by molar-refractivity contribution is 6.31. The van der Waals surface area contributed by atoms with E-state index in [9.17, 15) is 13.2 Å². The molecule has 0 aliphatic heterocycles. The first-order chi connectivity index (χ1) is 7.36. The van der Waals surface area contributed by atoms with E-state index in [-0.39, 0.29) is 18.1 Å². The lowest BCUT2D eigenvalue weighted by atomic mass is 10.0. The van der Waals surface area contributed by atoms with Gasteiger partial charge >= 0.3 is 6.18 Å². The smallest absolute Gasteiger partial charge is 0.396 e. The zero-order chi connectivity index (χ0) is 12.3. The molecule has 0 spiro atoms. The van der Waals surface area contributed by atoms with Crippen molar-refractivity contribution in [1.82, 2.24) is 0 Å². The Morgan fingerprint density at radius 2 is 2.00 bits per heavy atom. The van der Waals surface area contributed by atoms with Gasteiger partial charge in [-0.3, -0.25) is 0 Å². The van der Waals surface area contributed by atoms with Crippen LogP contribution in [0.1, 0.15) is 23.6 Å². The lowest BCUT2D eigenvalue weighted by Gasteiger charge is -2.14. The highest BCUT2D eigenvalue weighted by Crippen LogP contribution is 2.36. The van der Waals surface area contributed by atoms with Crippen LogP contribution in [0, 0.1) is 0 Å². The fraction of sp³-hybridized carbons (Fsp3) is 0.400. The molecule has 1 unspecified atom stereocenters. The van der Waals surface area contributed by atoms with Crippen LogP contribution < -0.4 is 5.73 Å². The number of nitrogens with two attached hydrogens (primary N) is 1. The lowest BCUT2D eigenvalue weighted by molar-refractivity contribution is -0.137. The van der Waals surface area contributed by atoms with Crippen molar-refractivity contribution in [2.24, 2.45) is 5.73 Å². The summed E-state index contributed by atoms with van der Waals surface area (Å²) in [4.78, 5) is 0. The fourth-order valence-electron chi connectivity index (χ4n) is 1.30. The van der Waals surface area contributed by atoms with Crippen LogP contribution in [0.3, 0.4) is 0 Å². The molecule has 0 aliphatic rings. The van der Waals surface area contributed by atoms with E-state index in [2.05, 4.69) is 0 Å². The average Bonchev–Trinajstić information content (AvgIpc) is 2.16. The van der Waals surface area contributed by atoms with Gasteiger partial charge in [-0.25, -0.2) is 0 Å². The van der Waals surface area contributed by atoms with Crippen molar-refractivity contribution in [3.05, 3.63) is 34.3 Å². The highest BCUT2D eigenvalue weighted by Gasteiger charge is 2.33. The molecule has 90 valence electrons. The van der Waals surface area contributed by atoms with Crippen LogP contribution in [0.25, 0.3) is 0 Å². The van der Waals surface area contributed by atoms with E-state index >= 15 is 0 Å². The molecule has 0 aromatic heterocycles. The normalized spacial score (nSPS) is 13.9. The number of hydrogen-bond donors (Lipinski definition) is 2. The summed E-state index contributed by atoms with van der Waals surface area (Å²) in [6.45, 7) is -0.175. The quantitative estimate of drug-likeness (QED) is 0.870. The van der Waals surface area contributed by atoms with Crippen molar-refractivity contribution in [2.45, 2.75) is 18.6 Å². The predicted molar refractivity (Wildman–Crippen MR) is 55.1 cm³/mol. The molecular formula is C10H11ClF3NO. The maximum Gasteiger partial charge on any atom is 0.417 e. The van der Waals surface area contributed by atoms with Crippen LogP contribution in [-0.4, -0.2) is 11.7 Å². The first kappa shape index (κ1) is 13.3. The van der Waals surface area contributed by atoms with Gasteiger partial charge < -0.3 is 10.8 Å². The van der Waals surface area contributed by atoms with E-state index in [1.165, 1.54) is 6.07 Å². The number of hydrogen-bond acceptors (Lipinski definition) is 2. The van der Waals surface area contributed by atoms with Gasteiger partial charge in [0.05, 0.1) is 10.6 Å². The van der Waals surface area contributed by atoms with Gasteiger partial charge in [0.2, 0.25) is 0 Å². The molecule has 6 heteroatoms. The Morgan fingerprint density at radius 1 is 1.38 bits per heavy atom. The number of halogens is 4. The van der Waals surface area contributed by atoms with Crippen molar-refractivity contribution in [3.8, 4) is 0 Å². The molecule has 0 fully saturated rings. The monoisotopic (exact) mass is 253 g/mol. The minimum atomic E-state index is -4.49. The van der Waals surface area contributed by atoms with Crippen molar-refractivity contribution in [2.75, 3.05) is 6.61 Å². The van der Waals surface area contributed by atoms with Crippen molar-refractivity contribution in [1.29, 1.82) is 0 Å². The largest absolute Gasteiger partial charge is 0.417 e. The van der Waals surface area contributed by atoms with Gasteiger partial charge in [-0.2, -0.15) is 13.2 Å². The SMILES string of the molecule is NC(CCO)c1ccc(Cl)c(C(F)(F)F)c1. The topological polar surface area (TPSA) is 46.2 Å². The van der Waals surface area contributed by atoms with Crippen LogP contribution in [0.4, 0.5) is 13.2 Å². The molecule has 0 aliphatic carbocycles. The number of rotatable bonds is 3. The van der Waals surface area contributed by atoms with Crippen molar-refractivity contribution in [3.63, 3.8) is 0 Å². The summed E-state index contributed by atoms with van der Waals surface area (Å²) in [5.74, 6) is 0. The number of alkyl halides is 3. The summed E-state index contributed by atoms with van der Waals surface area (Å²) >= 11 is 5.45. The Bertz CT molecular complexity index is 368. The van der Waals surface area contributed by atoms with Crippen molar-refractivity contribution < 1.29 is 18.3 Å². The molecule has 0 amide bonds. The second kappa shape index (κ2) is 5.03. The third-order valence-corrected chi connectivity index (χ3v) is 2.49. The summed E-state index contributed by atoms with van der Waals surface area (Å²) in [6.07, 6.45) is -4.29. The number of benzene rings is 1. The summed E-state index contributed by atoms with van der Waals surface area (Å²) in [6, 6.07) is 2.89. The van der Waals surface area contributed by atoms with E-state index in [4.69, 9.17) is 22.4 Å². The van der Waals surface area contributed by atoms with Gasteiger partial charge in [0.15, 0.2) is 0 Å². The Hall–Kier alpha value is -0.780. The molecule has 1 rings (SSSR count). The Morgan fingerprint density at radius 3 is 2.50 bits per heavy atom. The number of aliphatic hydroxyl groups excluding tert-OH is 1. The zero-order valence-corrected chi connectivity index (χ0v) is 9.02. The average molecular weight is 254 g/mol. The Balaban J connectivity index is 3.07. The van der Waals surface area contributed by atoms with Gasteiger partial charge in [-0.1, -0.05) is 17.7 Å². The van der Waals surface area contributed by atoms with Crippen LogP contribution >= 0.6 is 11.6 Å². The van der Waals surface area contributed by atoms with E-state index in [0.717, 1.165) is 12.1 Å². The molecule has 2 nitrogen and oxygen atoms in total. The van der Waals surface area contributed by atoms with Crippen molar-refractivity contribution >= 4 is 11.6 Å². The van der Waals surface area contributed by atoms with Crippen LogP contribution in [0.2, 0.25) is 5.02 Å². The maximum atomic E-state index is 12.5. The third-order valence-electron chi connectivity index (χ3n) is 2.16. The molecule has 1 atom stereocenters. The zero-order valence-electron chi connectivity index (χ0n) is 8.26. The summed E-state index contributed by atoms with van der Waals surface area (Å²) in [5, 5.41) is 8.30. The van der Waals surface area contributed by atoms with E-state index < -0.39 is 17.8 Å². The van der Waals surface area contributed by atoms with Crippen LogP contribution in [0.15, 0.2) is 18.2 Å². The summed E-state index contributed by atoms with van der Waals surface area (Å²) in [5.41, 5.74) is 5.01. The lowest BCUT2D eigenvalue weighted by Crippen LogP contribution is -2.14. The molecule has 3 N–H and O–H groups in total. The van der Waals surface area contributed by atoms with Crippen LogP contribution in [-0.2, 0) is 6.18 Å². The van der Waals surface area contributed by atoms with Gasteiger partial charge in [0.1, 0.15) is 0 Å². The first-order valence-corrected chi connectivity index (χ1v) is 4.97. The Kier molecular flexibility index (Phi) is 4.18. The van der Waals surface area contributed by atoms with Gasteiger partial charge in [-0.15, -0.1) is 0 Å². The summed E-state index contributed by atoms with van der Waals surface area (Å²) < 4.78 is 37.5. The Labute approximate surface area is 95.8 Å². The predicted octanol–water partition coefficient (Wildman–Crippen LogP) is 2.74. The van der Waals surface area contributed by atoms with Gasteiger partial charge in [-0.05, 0) is 24.1 Å². The third kappa shape index (κ3) is 3.10. The molecule has 0 saturated carbocycles. The van der Waals surface area contributed by atoms with Gasteiger partial charge in [0.25, 0.3) is 0 Å². The molecular weight excluding hydrogens is 243 g/mol. The molecule has 0 bridgehead atoms. The summed E-state index contributed by atoms with van der Waals surface area (Å²) in [7, 11) is 0. The van der Waals surface area contributed by atoms with E-state index in [1.54, 1.807) is 0 Å². The molecule has 0 saturated heterocycles. The van der Waals surface area contributed by atoms with E-state index in [0.29, 0.717) is 5.56 Å². The minimum Gasteiger partial charge on any atom is -0.396 e. The fourth-order valence-corrected chi connectivity index (χ4v) is 1.52.